The van der Waals surface area contributed by atoms with Crippen LogP contribution in [-0.2, 0) is 20.3 Å². The molecule has 1 aromatic heterocycles. The number of quaternary nitrogens is 1. The fourth-order valence-corrected chi connectivity index (χ4v) is 5.05. The molecule has 2 fully saturated rings. The molecule has 1 aromatic carbocycles. The maximum atomic E-state index is 5.91. The molecule has 1 unspecified atom stereocenters. The minimum absolute atomic E-state index is 0.404. The first-order valence-corrected chi connectivity index (χ1v) is 10.8. The standard InChI is InChI=1S/C21H30N4O2S/c1-23-20(14-27-18-11-9-17(26-2)10-12-18)22-25(21(23)28)15-24-13-5-7-16-6-3-4-8-19(16)24/h9-12,16,19H,3-8,13-15H2,1-2H3/p+1/t16-,19+/m1/s1. The van der Waals surface area contributed by atoms with Crippen molar-refractivity contribution in [2.45, 2.75) is 57.8 Å². The summed E-state index contributed by atoms with van der Waals surface area (Å²) in [4.78, 5) is 1.66. The van der Waals surface area contributed by atoms with Crippen LogP contribution < -0.4 is 14.4 Å². The fourth-order valence-electron chi connectivity index (χ4n) is 4.84. The number of fused-ring (bicyclic) bond motifs is 1. The summed E-state index contributed by atoms with van der Waals surface area (Å²) in [5, 5.41) is 4.79. The van der Waals surface area contributed by atoms with Gasteiger partial charge in [0.1, 0.15) is 18.1 Å². The van der Waals surface area contributed by atoms with Gasteiger partial charge in [-0.15, -0.1) is 5.10 Å². The first-order chi connectivity index (χ1) is 13.7. The molecule has 0 radical (unpaired) electrons. The molecule has 3 atom stereocenters. The van der Waals surface area contributed by atoms with Crippen LogP contribution in [0, 0.1) is 10.7 Å². The molecule has 2 heterocycles. The number of rotatable bonds is 6. The van der Waals surface area contributed by atoms with E-state index in [0.717, 1.165) is 40.7 Å². The van der Waals surface area contributed by atoms with Crippen molar-refractivity contribution in [3.8, 4) is 11.5 Å². The van der Waals surface area contributed by atoms with Gasteiger partial charge >= 0.3 is 0 Å². The van der Waals surface area contributed by atoms with E-state index in [0.29, 0.717) is 6.61 Å². The van der Waals surface area contributed by atoms with E-state index in [1.165, 1.54) is 45.1 Å². The molecule has 2 aromatic rings. The smallest absolute Gasteiger partial charge is 0.202 e. The summed E-state index contributed by atoms with van der Waals surface area (Å²) in [6.07, 6.45) is 8.27. The molecule has 2 aliphatic rings. The van der Waals surface area contributed by atoms with E-state index in [4.69, 9.17) is 26.8 Å². The normalized spacial score (nSPS) is 24.6. The third-order valence-corrected chi connectivity index (χ3v) is 6.90. The predicted molar refractivity (Wildman–Crippen MR) is 110 cm³/mol. The van der Waals surface area contributed by atoms with Gasteiger partial charge in [-0.2, -0.15) is 4.68 Å². The Morgan fingerprint density at radius 2 is 1.82 bits per heavy atom. The van der Waals surface area contributed by atoms with E-state index in [1.54, 1.807) is 12.0 Å². The highest BCUT2D eigenvalue weighted by molar-refractivity contribution is 7.71. The molecule has 0 spiro atoms. The Bertz CT molecular complexity index is 843. The van der Waals surface area contributed by atoms with Crippen LogP contribution in [0.15, 0.2) is 24.3 Å². The molecule has 28 heavy (non-hydrogen) atoms. The van der Waals surface area contributed by atoms with Crippen molar-refractivity contribution >= 4 is 12.2 Å². The molecule has 1 saturated heterocycles. The van der Waals surface area contributed by atoms with Crippen LogP contribution in [-0.4, -0.2) is 34.0 Å². The van der Waals surface area contributed by atoms with Crippen molar-refractivity contribution < 1.29 is 14.4 Å². The van der Waals surface area contributed by atoms with Gasteiger partial charge < -0.3 is 18.9 Å². The fraction of sp³-hybridized carbons (Fsp3) is 0.619. The molecular formula is C21H31N4O2S+. The summed E-state index contributed by atoms with van der Waals surface area (Å²) in [5.41, 5.74) is 0. The van der Waals surface area contributed by atoms with E-state index in [2.05, 4.69) is 0 Å². The van der Waals surface area contributed by atoms with Crippen LogP contribution in [0.4, 0.5) is 0 Å². The van der Waals surface area contributed by atoms with Gasteiger partial charge in [0.25, 0.3) is 0 Å². The second-order valence-corrected chi connectivity index (χ2v) is 8.45. The Morgan fingerprint density at radius 1 is 1.11 bits per heavy atom. The maximum Gasteiger partial charge on any atom is 0.202 e. The van der Waals surface area contributed by atoms with Crippen LogP contribution in [0.2, 0.25) is 0 Å². The second kappa shape index (κ2) is 8.66. The summed E-state index contributed by atoms with van der Waals surface area (Å²) >= 11 is 5.67. The lowest BCUT2D eigenvalue weighted by Crippen LogP contribution is -3.17. The zero-order chi connectivity index (χ0) is 19.5. The van der Waals surface area contributed by atoms with Crippen molar-refractivity contribution in [2.75, 3.05) is 13.7 Å². The van der Waals surface area contributed by atoms with E-state index in [-0.39, 0.29) is 0 Å². The average Bonchev–Trinajstić information content (AvgIpc) is 3.01. The Morgan fingerprint density at radius 3 is 2.61 bits per heavy atom. The third kappa shape index (κ3) is 4.10. The monoisotopic (exact) mass is 403 g/mol. The quantitative estimate of drug-likeness (QED) is 0.754. The highest BCUT2D eigenvalue weighted by atomic mass is 32.1. The second-order valence-electron chi connectivity index (χ2n) is 8.08. The Hall–Kier alpha value is -1.86. The largest absolute Gasteiger partial charge is 0.497 e. The number of aromatic nitrogens is 3. The van der Waals surface area contributed by atoms with Gasteiger partial charge in [-0.3, -0.25) is 0 Å². The summed E-state index contributed by atoms with van der Waals surface area (Å²) in [7, 11) is 3.64. The number of likely N-dealkylation sites (tertiary alicyclic amines) is 1. The number of methoxy groups -OCH3 is 1. The molecule has 1 aliphatic heterocycles. The van der Waals surface area contributed by atoms with Gasteiger partial charge in [0, 0.05) is 13.0 Å². The van der Waals surface area contributed by atoms with Crippen molar-refractivity contribution in [1.29, 1.82) is 0 Å². The van der Waals surface area contributed by atoms with Crippen molar-refractivity contribution in [1.82, 2.24) is 14.3 Å². The first-order valence-electron chi connectivity index (χ1n) is 10.4. The third-order valence-electron chi connectivity index (χ3n) is 6.42. The van der Waals surface area contributed by atoms with Gasteiger partial charge in [0.05, 0.1) is 19.7 Å². The van der Waals surface area contributed by atoms with E-state index in [9.17, 15) is 0 Å². The van der Waals surface area contributed by atoms with Gasteiger partial charge in [0.2, 0.25) is 4.77 Å². The Kier molecular flexibility index (Phi) is 6.01. The topological polar surface area (TPSA) is 45.6 Å². The van der Waals surface area contributed by atoms with Gasteiger partial charge in [-0.05, 0) is 68.6 Å². The van der Waals surface area contributed by atoms with Crippen LogP contribution in [0.3, 0.4) is 0 Å². The van der Waals surface area contributed by atoms with Crippen molar-refractivity contribution in [3.63, 3.8) is 0 Å². The molecule has 1 saturated carbocycles. The Balaban J connectivity index is 1.43. The van der Waals surface area contributed by atoms with Gasteiger partial charge in [-0.25, -0.2) is 0 Å². The maximum absolute atomic E-state index is 5.91. The number of hydrogen-bond donors (Lipinski definition) is 1. The summed E-state index contributed by atoms with van der Waals surface area (Å²) in [6.45, 7) is 2.51. The number of ether oxygens (including phenoxy) is 2. The Labute approximate surface area is 172 Å². The van der Waals surface area contributed by atoms with Gasteiger partial charge in [0.15, 0.2) is 12.5 Å². The zero-order valence-corrected chi connectivity index (χ0v) is 17.7. The minimum Gasteiger partial charge on any atom is -0.497 e. The van der Waals surface area contributed by atoms with Gasteiger partial charge in [-0.1, -0.05) is 6.42 Å². The number of nitrogens with zero attached hydrogens (tertiary/aromatic N) is 3. The summed E-state index contributed by atoms with van der Waals surface area (Å²) < 4.78 is 15.9. The summed E-state index contributed by atoms with van der Waals surface area (Å²) in [6, 6.07) is 8.39. The van der Waals surface area contributed by atoms with E-state index >= 15 is 0 Å². The lowest BCUT2D eigenvalue weighted by Gasteiger charge is -2.40. The van der Waals surface area contributed by atoms with Crippen LogP contribution >= 0.6 is 12.2 Å². The lowest BCUT2D eigenvalue weighted by molar-refractivity contribution is -0.958. The van der Waals surface area contributed by atoms with Crippen molar-refractivity contribution in [2.24, 2.45) is 13.0 Å². The van der Waals surface area contributed by atoms with Crippen LogP contribution in [0.25, 0.3) is 0 Å². The molecule has 0 bridgehead atoms. The number of nitrogens with one attached hydrogen (secondary N) is 1. The number of benzene rings is 1. The van der Waals surface area contributed by atoms with Crippen LogP contribution in [0.1, 0.15) is 44.3 Å². The zero-order valence-electron chi connectivity index (χ0n) is 16.9. The molecule has 0 amide bonds. The number of piperidine rings is 1. The molecule has 1 N–H and O–H groups in total. The molecule has 6 nitrogen and oxygen atoms in total. The number of hydrogen-bond acceptors (Lipinski definition) is 4. The lowest BCUT2D eigenvalue weighted by atomic mass is 9.78. The average molecular weight is 404 g/mol. The highest BCUT2D eigenvalue weighted by Crippen LogP contribution is 2.28. The molecule has 7 heteroatoms. The molecule has 4 rings (SSSR count). The van der Waals surface area contributed by atoms with E-state index < -0.39 is 0 Å². The molecular weight excluding hydrogens is 372 g/mol. The first kappa shape index (κ1) is 19.5. The highest BCUT2D eigenvalue weighted by Gasteiger charge is 2.36. The predicted octanol–water partition coefficient (Wildman–Crippen LogP) is 2.73. The van der Waals surface area contributed by atoms with E-state index in [1.807, 2.05) is 40.6 Å². The van der Waals surface area contributed by atoms with Crippen LogP contribution in [0.5, 0.6) is 11.5 Å². The molecule has 152 valence electrons. The summed E-state index contributed by atoms with van der Waals surface area (Å²) in [5.74, 6) is 3.37. The SMILES string of the molecule is COc1ccc(OCc2nn(C[NH+]3CCC[C@H]4CCCC[C@@H]43)c(=S)n2C)cc1. The van der Waals surface area contributed by atoms with Crippen molar-refractivity contribution in [3.05, 3.63) is 34.9 Å². The minimum atomic E-state index is 0.404. The molecule has 1 aliphatic carbocycles.